The summed E-state index contributed by atoms with van der Waals surface area (Å²) in [6, 6.07) is 14.3. The van der Waals surface area contributed by atoms with E-state index in [2.05, 4.69) is 20.5 Å². The Morgan fingerprint density at radius 3 is 1.93 bits per heavy atom. The molecule has 0 atom stereocenters. The average Bonchev–Trinajstić information content (AvgIpc) is 2.89. The Morgan fingerprint density at radius 1 is 0.750 bits per heavy atom. The Hall–Kier alpha value is -4.77. The highest BCUT2D eigenvalue weighted by Crippen LogP contribution is 2.39. The van der Waals surface area contributed by atoms with Crippen LogP contribution in [0.4, 0.5) is 28.4 Å². The number of rotatable bonds is 8. The van der Waals surface area contributed by atoms with E-state index in [0.29, 0.717) is 11.1 Å². The van der Waals surface area contributed by atoms with Crippen molar-refractivity contribution >= 4 is 65.4 Å². The Morgan fingerprint density at radius 2 is 1.35 bits per heavy atom. The number of ether oxygens (including phenoxy) is 1. The van der Waals surface area contributed by atoms with E-state index < -0.39 is 36.0 Å². The molecule has 40 heavy (non-hydrogen) atoms. The number of carboxylic acids is 1. The highest BCUT2D eigenvalue weighted by molar-refractivity contribution is 7.86. The lowest BCUT2D eigenvalue weighted by atomic mass is 10.1. The van der Waals surface area contributed by atoms with Gasteiger partial charge in [0.2, 0.25) is 0 Å². The summed E-state index contributed by atoms with van der Waals surface area (Å²) in [5, 5.41) is 25.9. The Kier molecular flexibility index (Phi) is 7.61. The van der Waals surface area contributed by atoms with Crippen molar-refractivity contribution in [2.75, 3.05) is 12.8 Å². The predicted octanol–water partition coefficient (Wildman–Crippen LogP) is 5.45. The van der Waals surface area contributed by atoms with Crippen LogP contribution in [0.1, 0.15) is 10.4 Å². The number of anilines is 1. The zero-order valence-corrected chi connectivity index (χ0v) is 22.0. The van der Waals surface area contributed by atoms with Gasteiger partial charge < -0.3 is 15.6 Å². The van der Waals surface area contributed by atoms with E-state index in [1.54, 1.807) is 0 Å². The molecular weight excluding hydrogens is 566 g/mol. The summed E-state index contributed by atoms with van der Waals surface area (Å²) in [7, 11) is -8.01. The number of carbonyl (C=O) groups is 1. The van der Waals surface area contributed by atoms with Gasteiger partial charge in [-0.2, -0.15) is 21.9 Å². The lowest BCUT2D eigenvalue weighted by Crippen LogP contribution is -2.03. The molecule has 0 saturated carbocycles. The van der Waals surface area contributed by atoms with Crippen molar-refractivity contribution in [3.8, 4) is 5.75 Å². The normalized spacial score (nSPS) is 12.4. The summed E-state index contributed by atoms with van der Waals surface area (Å²) in [6.45, 7) is 0. The fourth-order valence-electron chi connectivity index (χ4n) is 3.55. The molecule has 0 spiro atoms. The smallest absolute Gasteiger partial charge is 0.335 e. The first-order chi connectivity index (χ1) is 18.8. The van der Waals surface area contributed by atoms with Gasteiger partial charge in [0.25, 0.3) is 20.2 Å². The van der Waals surface area contributed by atoms with Gasteiger partial charge in [-0.05, 0) is 54.6 Å². The van der Waals surface area contributed by atoms with Gasteiger partial charge in [-0.1, -0.05) is 6.07 Å². The van der Waals surface area contributed by atoms with Crippen LogP contribution in [0.3, 0.4) is 0 Å². The van der Waals surface area contributed by atoms with Crippen molar-refractivity contribution < 1.29 is 40.6 Å². The Bertz CT molecular complexity index is 1920. The largest absolute Gasteiger partial charge is 0.494 e. The molecule has 0 aromatic heterocycles. The number of nitrogen functional groups attached to an aromatic ring is 1. The summed E-state index contributed by atoms with van der Waals surface area (Å²) in [4.78, 5) is 9.99. The number of methoxy groups -OCH3 is 1. The van der Waals surface area contributed by atoms with Crippen molar-refractivity contribution in [3.63, 3.8) is 0 Å². The summed E-state index contributed by atoms with van der Waals surface area (Å²) >= 11 is 0. The maximum atomic E-state index is 11.8. The first kappa shape index (κ1) is 28.2. The number of benzene rings is 4. The number of hydrogen-bond acceptors (Lipinski definition) is 11. The zero-order valence-electron chi connectivity index (χ0n) is 20.3. The van der Waals surface area contributed by atoms with Crippen LogP contribution in [0.25, 0.3) is 10.8 Å². The van der Waals surface area contributed by atoms with E-state index in [1.165, 1.54) is 49.6 Å². The second kappa shape index (κ2) is 10.8. The van der Waals surface area contributed by atoms with Gasteiger partial charge >= 0.3 is 5.97 Å². The number of nitrogens with zero attached hydrogens (tertiary/aromatic N) is 4. The molecular formula is C24H19N5O9S2. The highest BCUT2D eigenvalue weighted by atomic mass is 32.2. The van der Waals surface area contributed by atoms with Crippen LogP contribution in [-0.2, 0) is 20.2 Å². The number of hydrogen-bond donors (Lipinski definition) is 4. The average molecular weight is 586 g/mol. The van der Waals surface area contributed by atoms with Gasteiger partial charge in [0.1, 0.15) is 16.3 Å². The summed E-state index contributed by atoms with van der Waals surface area (Å²) in [6.07, 6.45) is 0. The molecule has 4 aromatic rings. The van der Waals surface area contributed by atoms with E-state index in [4.69, 9.17) is 15.6 Å². The molecule has 0 amide bonds. The van der Waals surface area contributed by atoms with E-state index >= 15 is 0 Å². The quantitative estimate of drug-likeness (QED) is 0.116. The van der Waals surface area contributed by atoms with Gasteiger partial charge in [0, 0.05) is 16.8 Å². The molecule has 0 radical (unpaired) electrons. The number of aromatic carboxylic acids is 1. The van der Waals surface area contributed by atoms with Crippen LogP contribution < -0.4 is 10.5 Å². The van der Waals surface area contributed by atoms with Crippen LogP contribution in [0, 0.1) is 0 Å². The van der Waals surface area contributed by atoms with Gasteiger partial charge in [-0.15, -0.1) is 15.3 Å². The lowest BCUT2D eigenvalue weighted by Gasteiger charge is -2.09. The molecule has 0 aliphatic heterocycles. The van der Waals surface area contributed by atoms with E-state index in [0.717, 1.165) is 24.3 Å². The summed E-state index contributed by atoms with van der Waals surface area (Å²) in [5.74, 6) is -1.06. The standard InChI is InChI=1S/C24H19N5O9S2/c1-38-22-11-18(25)23(40(35,36)37)12-21(22)29-28-20-9-8-19(16-7-6-15(10-17(16)20)39(32,33)34)27-26-14-4-2-13(3-5-14)24(30)31/h2-12H,25H2,1H3,(H,30,31)(H,32,33,34)(H,35,36,37). The van der Waals surface area contributed by atoms with Crippen molar-refractivity contribution in [3.05, 3.63) is 72.3 Å². The van der Waals surface area contributed by atoms with Crippen LogP contribution in [-0.4, -0.2) is 44.1 Å². The van der Waals surface area contributed by atoms with Crippen molar-refractivity contribution in [1.82, 2.24) is 0 Å². The minimum Gasteiger partial charge on any atom is -0.494 e. The molecule has 4 rings (SSSR count). The van der Waals surface area contributed by atoms with Gasteiger partial charge in [0.15, 0.2) is 0 Å². The number of nitrogens with two attached hydrogens (primary N) is 1. The first-order valence-electron chi connectivity index (χ1n) is 10.9. The predicted molar refractivity (Wildman–Crippen MR) is 143 cm³/mol. The molecule has 0 fully saturated rings. The number of fused-ring (bicyclic) bond motifs is 1. The van der Waals surface area contributed by atoms with Crippen molar-refractivity contribution in [2.24, 2.45) is 20.5 Å². The van der Waals surface area contributed by atoms with E-state index in [9.17, 15) is 30.7 Å². The van der Waals surface area contributed by atoms with Crippen LogP contribution in [0.15, 0.2) is 97.0 Å². The molecule has 206 valence electrons. The SMILES string of the molecule is COc1cc(N)c(S(=O)(=O)O)cc1N=Nc1ccc(N=Nc2ccc(C(=O)O)cc2)c2ccc(S(=O)(=O)O)cc12. The first-order valence-corrected chi connectivity index (χ1v) is 13.8. The molecule has 14 nitrogen and oxygen atoms in total. The molecule has 0 aliphatic carbocycles. The molecule has 0 bridgehead atoms. The lowest BCUT2D eigenvalue weighted by molar-refractivity contribution is 0.0697. The molecule has 16 heteroatoms. The second-order valence-electron chi connectivity index (χ2n) is 8.08. The van der Waals surface area contributed by atoms with Crippen molar-refractivity contribution in [2.45, 2.75) is 9.79 Å². The molecule has 0 heterocycles. The minimum absolute atomic E-state index is 0.0379. The van der Waals surface area contributed by atoms with Crippen LogP contribution in [0.5, 0.6) is 5.75 Å². The third-order valence-corrected chi connectivity index (χ3v) is 7.24. The molecule has 0 aliphatic rings. The van der Waals surface area contributed by atoms with Gasteiger partial charge in [-0.3, -0.25) is 9.11 Å². The summed E-state index contributed by atoms with van der Waals surface area (Å²) in [5.41, 5.74) is 6.07. The highest BCUT2D eigenvalue weighted by Gasteiger charge is 2.19. The fourth-order valence-corrected chi connectivity index (χ4v) is 4.68. The third-order valence-electron chi connectivity index (χ3n) is 5.48. The van der Waals surface area contributed by atoms with Crippen LogP contribution >= 0.6 is 0 Å². The fraction of sp³-hybridized carbons (Fsp3) is 0.0417. The number of carboxylic acid groups (broad SMARTS) is 1. The van der Waals surface area contributed by atoms with Crippen molar-refractivity contribution in [1.29, 1.82) is 0 Å². The topological polar surface area (TPSA) is 231 Å². The van der Waals surface area contributed by atoms with E-state index in [-0.39, 0.29) is 39.4 Å². The monoisotopic (exact) mass is 585 g/mol. The molecule has 0 unspecified atom stereocenters. The maximum absolute atomic E-state index is 11.8. The van der Waals surface area contributed by atoms with Crippen LogP contribution in [0.2, 0.25) is 0 Å². The molecule has 5 N–H and O–H groups in total. The van der Waals surface area contributed by atoms with E-state index in [1.807, 2.05) is 0 Å². The Balaban J connectivity index is 1.83. The summed E-state index contributed by atoms with van der Waals surface area (Å²) < 4.78 is 71.1. The van der Waals surface area contributed by atoms with Gasteiger partial charge in [-0.25, -0.2) is 4.79 Å². The Labute approximate surface area is 227 Å². The minimum atomic E-state index is -4.69. The maximum Gasteiger partial charge on any atom is 0.335 e. The molecule has 4 aromatic carbocycles. The second-order valence-corrected chi connectivity index (χ2v) is 10.9. The van der Waals surface area contributed by atoms with Gasteiger partial charge in [0.05, 0.1) is 40.3 Å². The zero-order chi connectivity index (χ0) is 29.2. The number of azo groups is 2. The molecule has 0 saturated heterocycles. The third kappa shape index (κ3) is 6.10.